The minimum absolute atomic E-state index is 0.0891. The van der Waals surface area contributed by atoms with Crippen molar-refractivity contribution < 1.29 is 17.9 Å². The summed E-state index contributed by atoms with van der Waals surface area (Å²) in [7, 11) is -2.12. The number of benzene rings is 2. The van der Waals surface area contributed by atoms with E-state index in [1.165, 1.54) is 29.7 Å². The van der Waals surface area contributed by atoms with Crippen LogP contribution >= 0.6 is 11.3 Å². The summed E-state index contributed by atoms with van der Waals surface area (Å²) < 4.78 is 32.7. The third kappa shape index (κ3) is 5.92. The molecule has 1 fully saturated rings. The average molecular weight is 551 g/mol. The van der Waals surface area contributed by atoms with E-state index in [1.54, 1.807) is 24.6 Å². The van der Waals surface area contributed by atoms with Gasteiger partial charge in [-0.1, -0.05) is 0 Å². The van der Waals surface area contributed by atoms with E-state index in [4.69, 9.17) is 4.74 Å². The Balaban J connectivity index is 1.19. The molecule has 10 nitrogen and oxygen atoms in total. The smallest absolute Gasteiger partial charge is 0.263 e. The van der Waals surface area contributed by atoms with Gasteiger partial charge in [-0.05, 0) is 73.5 Å². The van der Waals surface area contributed by atoms with Crippen LogP contribution in [0.2, 0.25) is 0 Å². The zero-order valence-corrected chi connectivity index (χ0v) is 22.2. The zero-order chi connectivity index (χ0) is 26.5. The molecule has 0 radical (unpaired) electrons. The molecule has 5 rings (SSSR count). The van der Waals surface area contributed by atoms with E-state index >= 15 is 0 Å². The quantitative estimate of drug-likeness (QED) is 0.333. The van der Waals surface area contributed by atoms with E-state index in [9.17, 15) is 13.2 Å². The van der Waals surface area contributed by atoms with E-state index in [-0.39, 0.29) is 16.7 Å². The van der Waals surface area contributed by atoms with Gasteiger partial charge in [0.15, 0.2) is 10.9 Å². The van der Waals surface area contributed by atoms with E-state index in [0.29, 0.717) is 17.4 Å². The second-order valence-corrected chi connectivity index (χ2v) is 11.3. The summed E-state index contributed by atoms with van der Waals surface area (Å²) in [6.07, 6.45) is 3.13. The molecule has 0 aliphatic carbocycles. The maximum absolute atomic E-state index is 13.0. The van der Waals surface area contributed by atoms with Crippen molar-refractivity contribution in [1.82, 2.24) is 15.2 Å². The Hall–Kier alpha value is -4.03. The standard InChI is InChI=1S/C26H26N6O4S2/c1-36-21-8-4-18(5-9-21)23-12-13-24(30-29-23)32-15-2-3-19(17-32)25(33)28-20-6-10-22(11-7-20)38(34,35)31-26-27-14-16-37-26/h4-14,16,19H,2-3,15,17H2,1H3,(H,27,31)(H,28,33). The van der Waals surface area contributed by atoms with Crippen LogP contribution in [0.4, 0.5) is 16.6 Å². The highest BCUT2D eigenvalue weighted by Gasteiger charge is 2.27. The lowest BCUT2D eigenvalue weighted by atomic mass is 9.97. The molecule has 1 unspecified atom stereocenters. The first kappa shape index (κ1) is 25.6. The van der Waals surface area contributed by atoms with Gasteiger partial charge in [0.05, 0.1) is 23.6 Å². The predicted octanol–water partition coefficient (Wildman–Crippen LogP) is 4.26. The summed E-state index contributed by atoms with van der Waals surface area (Å²) in [6.45, 7) is 1.31. The molecular formula is C26H26N6O4S2. The van der Waals surface area contributed by atoms with Crippen LogP contribution in [-0.2, 0) is 14.8 Å². The maximum atomic E-state index is 13.0. The van der Waals surface area contributed by atoms with Crippen LogP contribution in [0.15, 0.2) is 77.1 Å². The maximum Gasteiger partial charge on any atom is 0.263 e. The van der Waals surface area contributed by atoms with Crippen molar-refractivity contribution in [2.45, 2.75) is 17.7 Å². The number of nitrogens with zero attached hydrogens (tertiary/aromatic N) is 4. The molecule has 2 aromatic carbocycles. The number of rotatable bonds is 8. The minimum atomic E-state index is -3.75. The topological polar surface area (TPSA) is 126 Å². The highest BCUT2D eigenvalue weighted by molar-refractivity contribution is 7.93. The third-order valence-electron chi connectivity index (χ3n) is 6.24. The lowest BCUT2D eigenvalue weighted by Gasteiger charge is -2.32. The van der Waals surface area contributed by atoms with E-state index in [1.807, 2.05) is 36.4 Å². The van der Waals surface area contributed by atoms with Crippen molar-refractivity contribution in [3.63, 3.8) is 0 Å². The van der Waals surface area contributed by atoms with E-state index < -0.39 is 10.0 Å². The van der Waals surface area contributed by atoms with Gasteiger partial charge in [-0.3, -0.25) is 9.52 Å². The van der Waals surface area contributed by atoms with E-state index in [0.717, 1.165) is 42.2 Å². The van der Waals surface area contributed by atoms with Crippen LogP contribution < -0.4 is 19.7 Å². The molecular weight excluding hydrogens is 524 g/mol. The van der Waals surface area contributed by atoms with Crippen molar-refractivity contribution in [2.24, 2.45) is 5.92 Å². The number of methoxy groups -OCH3 is 1. The molecule has 2 aromatic heterocycles. The van der Waals surface area contributed by atoms with Crippen molar-refractivity contribution in [1.29, 1.82) is 0 Å². The van der Waals surface area contributed by atoms with Gasteiger partial charge < -0.3 is 15.0 Å². The fourth-order valence-corrected chi connectivity index (χ4v) is 6.01. The number of hydrogen-bond acceptors (Lipinski definition) is 9. The summed E-state index contributed by atoms with van der Waals surface area (Å²) in [5, 5.41) is 13.7. The number of nitrogens with one attached hydrogen (secondary N) is 2. The average Bonchev–Trinajstić information content (AvgIpc) is 3.46. The van der Waals surface area contributed by atoms with Gasteiger partial charge in [0.25, 0.3) is 10.0 Å². The number of sulfonamides is 1. The molecule has 0 saturated carbocycles. The van der Waals surface area contributed by atoms with Crippen LogP contribution in [0.25, 0.3) is 11.3 Å². The predicted molar refractivity (Wildman–Crippen MR) is 147 cm³/mol. The molecule has 0 bridgehead atoms. The Kier molecular flexibility index (Phi) is 7.52. The molecule has 0 spiro atoms. The number of carbonyl (C=O) groups excluding carboxylic acids is 1. The number of hydrogen-bond donors (Lipinski definition) is 2. The third-order valence-corrected chi connectivity index (χ3v) is 8.41. The second kappa shape index (κ2) is 11.2. The fraction of sp³-hybridized carbons (Fsp3) is 0.231. The fourth-order valence-electron chi connectivity index (χ4n) is 4.22. The minimum Gasteiger partial charge on any atom is -0.497 e. The normalized spacial score (nSPS) is 15.6. The second-order valence-electron chi connectivity index (χ2n) is 8.75. The first-order chi connectivity index (χ1) is 18.4. The summed E-state index contributed by atoms with van der Waals surface area (Å²) in [5.74, 6) is 1.15. The van der Waals surface area contributed by atoms with Crippen molar-refractivity contribution in [3.05, 3.63) is 72.2 Å². The van der Waals surface area contributed by atoms with Crippen molar-refractivity contribution in [2.75, 3.05) is 35.1 Å². The summed E-state index contributed by atoms with van der Waals surface area (Å²) in [6, 6.07) is 17.6. The molecule has 1 amide bonds. The number of aromatic nitrogens is 3. The summed E-state index contributed by atoms with van der Waals surface area (Å²) in [4.78, 5) is 19.1. The largest absolute Gasteiger partial charge is 0.497 e. The van der Waals surface area contributed by atoms with Gasteiger partial charge in [-0.25, -0.2) is 13.4 Å². The number of anilines is 3. The monoisotopic (exact) mass is 550 g/mol. The summed E-state index contributed by atoms with van der Waals surface area (Å²) >= 11 is 1.20. The zero-order valence-electron chi connectivity index (χ0n) is 20.6. The highest BCUT2D eigenvalue weighted by atomic mass is 32.2. The highest BCUT2D eigenvalue weighted by Crippen LogP contribution is 2.26. The number of carbonyl (C=O) groups is 1. The number of piperidine rings is 1. The molecule has 1 atom stereocenters. The molecule has 12 heteroatoms. The van der Waals surface area contributed by atoms with Crippen molar-refractivity contribution >= 4 is 43.9 Å². The first-order valence-corrected chi connectivity index (χ1v) is 14.3. The van der Waals surface area contributed by atoms with Gasteiger partial charge in [0.2, 0.25) is 5.91 Å². The molecule has 1 saturated heterocycles. The Labute approximate surface area is 224 Å². The first-order valence-electron chi connectivity index (χ1n) is 12.0. The Morgan fingerprint density at radius 2 is 1.84 bits per heavy atom. The Morgan fingerprint density at radius 3 is 2.50 bits per heavy atom. The molecule has 4 aromatic rings. The SMILES string of the molecule is COc1ccc(-c2ccc(N3CCCC(C(=O)Nc4ccc(S(=O)(=O)Nc5nccs5)cc4)C3)nn2)cc1. The molecule has 2 N–H and O–H groups in total. The Morgan fingerprint density at radius 1 is 1.05 bits per heavy atom. The van der Waals surface area contributed by atoms with Gasteiger partial charge >= 0.3 is 0 Å². The van der Waals surface area contributed by atoms with Crippen LogP contribution in [0.5, 0.6) is 5.75 Å². The number of amides is 1. The van der Waals surface area contributed by atoms with Crippen LogP contribution in [-0.4, -0.2) is 49.7 Å². The molecule has 1 aliphatic heterocycles. The van der Waals surface area contributed by atoms with Crippen LogP contribution in [0.1, 0.15) is 12.8 Å². The molecule has 38 heavy (non-hydrogen) atoms. The summed E-state index contributed by atoms with van der Waals surface area (Å²) in [5.41, 5.74) is 2.23. The van der Waals surface area contributed by atoms with Crippen LogP contribution in [0, 0.1) is 5.92 Å². The Bertz CT molecular complexity index is 1480. The lowest BCUT2D eigenvalue weighted by Crippen LogP contribution is -2.41. The number of ether oxygens (including phenoxy) is 1. The van der Waals surface area contributed by atoms with Gasteiger partial charge in [-0.2, -0.15) is 0 Å². The van der Waals surface area contributed by atoms with Gasteiger partial charge in [-0.15, -0.1) is 21.5 Å². The van der Waals surface area contributed by atoms with Gasteiger partial charge in [0, 0.05) is 35.9 Å². The molecule has 1 aliphatic rings. The van der Waals surface area contributed by atoms with E-state index in [2.05, 4.69) is 30.1 Å². The molecule has 196 valence electrons. The molecule has 3 heterocycles. The lowest BCUT2D eigenvalue weighted by molar-refractivity contribution is -0.120. The van der Waals surface area contributed by atoms with Crippen LogP contribution in [0.3, 0.4) is 0 Å². The van der Waals surface area contributed by atoms with Gasteiger partial charge in [0.1, 0.15) is 5.75 Å². The number of thiazole rings is 1. The van der Waals surface area contributed by atoms with Crippen molar-refractivity contribution in [3.8, 4) is 17.0 Å².